The third-order valence-corrected chi connectivity index (χ3v) is 3.64. The molecule has 1 N–H and O–H groups in total. The number of hydrogen-bond donors (Lipinski definition) is 1. The summed E-state index contributed by atoms with van der Waals surface area (Å²) in [5.74, 6) is 0.935. The highest BCUT2D eigenvalue weighted by atomic mass is 79.9. The van der Waals surface area contributed by atoms with Crippen molar-refractivity contribution in [1.82, 2.24) is 5.32 Å². The average molecular weight is 319 g/mol. The van der Waals surface area contributed by atoms with Gasteiger partial charge in [0.2, 0.25) is 0 Å². The quantitative estimate of drug-likeness (QED) is 0.877. The standard InChI is InChI=1S/C13H17BrClNO/c1-8(2)16-12-4-3-5-17-13-10(12)6-9(15)7-11(13)14/h6-8,12,16H,3-5H2,1-2H3. The second-order valence-corrected chi connectivity index (χ2v) is 5.96. The van der Waals surface area contributed by atoms with Crippen molar-refractivity contribution in [2.24, 2.45) is 0 Å². The van der Waals surface area contributed by atoms with Gasteiger partial charge in [0, 0.05) is 22.7 Å². The molecule has 94 valence electrons. The van der Waals surface area contributed by atoms with Crippen LogP contribution in [0.5, 0.6) is 5.75 Å². The summed E-state index contributed by atoms with van der Waals surface area (Å²) in [6.07, 6.45) is 2.14. The summed E-state index contributed by atoms with van der Waals surface area (Å²) in [6, 6.07) is 4.66. The highest BCUT2D eigenvalue weighted by Gasteiger charge is 2.22. The third kappa shape index (κ3) is 3.15. The van der Waals surface area contributed by atoms with Crippen LogP contribution in [0.25, 0.3) is 0 Å². The first-order valence-electron chi connectivity index (χ1n) is 5.95. The van der Waals surface area contributed by atoms with E-state index in [9.17, 15) is 0 Å². The maximum Gasteiger partial charge on any atom is 0.138 e. The zero-order chi connectivity index (χ0) is 12.4. The SMILES string of the molecule is CC(C)NC1CCCOc2c(Br)cc(Cl)cc21. The van der Waals surface area contributed by atoms with E-state index in [0.717, 1.165) is 40.3 Å². The van der Waals surface area contributed by atoms with E-state index in [-0.39, 0.29) is 0 Å². The van der Waals surface area contributed by atoms with Crippen LogP contribution in [0, 0.1) is 0 Å². The van der Waals surface area contributed by atoms with Crippen molar-refractivity contribution in [2.75, 3.05) is 6.61 Å². The van der Waals surface area contributed by atoms with E-state index in [4.69, 9.17) is 16.3 Å². The first-order chi connectivity index (χ1) is 8.08. The van der Waals surface area contributed by atoms with Crippen molar-refractivity contribution in [3.63, 3.8) is 0 Å². The number of halogens is 2. The smallest absolute Gasteiger partial charge is 0.138 e. The van der Waals surface area contributed by atoms with Crippen molar-refractivity contribution in [2.45, 2.75) is 38.8 Å². The Morgan fingerprint density at radius 2 is 2.24 bits per heavy atom. The van der Waals surface area contributed by atoms with Crippen molar-refractivity contribution in [3.05, 3.63) is 27.2 Å². The van der Waals surface area contributed by atoms with Gasteiger partial charge in [-0.3, -0.25) is 0 Å². The van der Waals surface area contributed by atoms with Crippen LogP contribution in [0.2, 0.25) is 5.02 Å². The lowest BCUT2D eigenvalue weighted by Crippen LogP contribution is -2.27. The Hall–Kier alpha value is -0.250. The largest absolute Gasteiger partial charge is 0.492 e. The summed E-state index contributed by atoms with van der Waals surface area (Å²) < 4.78 is 6.74. The van der Waals surface area contributed by atoms with Gasteiger partial charge in [0.05, 0.1) is 11.1 Å². The normalized spacial score (nSPS) is 19.7. The predicted molar refractivity (Wildman–Crippen MR) is 74.9 cm³/mol. The molecule has 0 saturated heterocycles. The van der Waals surface area contributed by atoms with E-state index in [1.807, 2.05) is 12.1 Å². The zero-order valence-electron chi connectivity index (χ0n) is 10.1. The number of ether oxygens (including phenoxy) is 1. The first kappa shape index (κ1) is 13.2. The van der Waals surface area contributed by atoms with Crippen LogP contribution < -0.4 is 10.1 Å². The van der Waals surface area contributed by atoms with E-state index in [1.165, 1.54) is 0 Å². The van der Waals surface area contributed by atoms with Gasteiger partial charge in [0.25, 0.3) is 0 Å². The zero-order valence-corrected chi connectivity index (χ0v) is 12.4. The van der Waals surface area contributed by atoms with Crippen LogP contribution in [-0.2, 0) is 0 Å². The molecule has 0 amide bonds. The molecule has 2 rings (SSSR count). The number of benzene rings is 1. The molecule has 0 fully saturated rings. The van der Waals surface area contributed by atoms with Crippen LogP contribution in [0.15, 0.2) is 16.6 Å². The van der Waals surface area contributed by atoms with E-state index in [0.29, 0.717) is 12.1 Å². The van der Waals surface area contributed by atoms with E-state index in [2.05, 4.69) is 35.1 Å². The van der Waals surface area contributed by atoms with Crippen molar-refractivity contribution in [1.29, 1.82) is 0 Å². The Kier molecular flexibility index (Phi) is 4.34. The lowest BCUT2D eigenvalue weighted by molar-refractivity contribution is 0.313. The van der Waals surface area contributed by atoms with Gasteiger partial charge in [-0.15, -0.1) is 0 Å². The minimum Gasteiger partial charge on any atom is -0.492 e. The molecule has 1 atom stereocenters. The molecule has 2 nitrogen and oxygen atoms in total. The van der Waals surface area contributed by atoms with Crippen LogP contribution in [0.4, 0.5) is 0 Å². The second kappa shape index (κ2) is 5.59. The molecule has 0 bridgehead atoms. The summed E-state index contributed by atoms with van der Waals surface area (Å²) in [7, 11) is 0. The third-order valence-electron chi connectivity index (χ3n) is 2.83. The summed E-state index contributed by atoms with van der Waals surface area (Å²) >= 11 is 9.65. The molecule has 1 heterocycles. The fraction of sp³-hybridized carbons (Fsp3) is 0.538. The van der Waals surface area contributed by atoms with Gasteiger partial charge in [0.1, 0.15) is 5.75 Å². The summed E-state index contributed by atoms with van der Waals surface area (Å²) in [5.41, 5.74) is 1.16. The average Bonchev–Trinajstić information content (AvgIpc) is 2.41. The van der Waals surface area contributed by atoms with Gasteiger partial charge in [-0.05, 0) is 40.9 Å². The fourth-order valence-electron chi connectivity index (χ4n) is 2.18. The maximum absolute atomic E-state index is 6.12. The van der Waals surface area contributed by atoms with Gasteiger partial charge in [-0.1, -0.05) is 25.4 Å². The molecule has 0 spiro atoms. The van der Waals surface area contributed by atoms with Crippen LogP contribution in [-0.4, -0.2) is 12.6 Å². The monoisotopic (exact) mass is 317 g/mol. The predicted octanol–water partition coefficient (Wildman–Crippen LogP) is 4.31. The first-order valence-corrected chi connectivity index (χ1v) is 7.13. The molecule has 1 aromatic rings. The highest BCUT2D eigenvalue weighted by molar-refractivity contribution is 9.10. The Balaban J connectivity index is 2.40. The molecule has 1 aliphatic rings. The lowest BCUT2D eigenvalue weighted by atomic mass is 10.0. The summed E-state index contributed by atoms with van der Waals surface area (Å²) in [4.78, 5) is 0. The Morgan fingerprint density at radius 1 is 1.47 bits per heavy atom. The molecular formula is C13H17BrClNO. The Labute approximate surface area is 116 Å². The number of rotatable bonds is 2. The molecule has 17 heavy (non-hydrogen) atoms. The number of hydrogen-bond acceptors (Lipinski definition) is 2. The maximum atomic E-state index is 6.12. The van der Waals surface area contributed by atoms with Gasteiger partial charge in [-0.25, -0.2) is 0 Å². The number of nitrogens with one attached hydrogen (secondary N) is 1. The van der Waals surface area contributed by atoms with Crippen LogP contribution in [0.1, 0.15) is 38.3 Å². The minimum atomic E-state index is 0.322. The molecule has 0 aromatic heterocycles. The van der Waals surface area contributed by atoms with E-state index in [1.54, 1.807) is 0 Å². The van der Waals surface area contributed by atoms with Crippen LogP contribution in [0.3, 0.4) is 0 Å². The van der Waals surface area contributed by atoms with Crippen molar-refractivity contribution < 1.29 is 4.74 Å². The van der Waals surface area contributed by atoms with Crippen molar-refractivity contribution >= 4 is 27.5 Å². The lowest BCUT2D eigenvalue weighted by Gasteiger charge is -2.21. The summed E-state index contributed by atoms with van der Waals surface area (Å²) in [6.45, 7) is 5.08. The minimum absolute atomic E-state index is 0.322. The van der Waals surface area contributed by atoms with Crippen molar-refractivity contribution in [3.8, 4) is 5.75 Å². The molecule has 0 radical (unpaired) electrons. The number of fused-ring (bicyclic) bond motifs is 1. The van der Waals surface area contributed by atoms with Gasteiger partial charge in [0.15, 0.2) is 0 Å². The van der Waals surface area contributed by atoms with E-state index >= 15 is 0 Å². The van der Waals surface area contributed by atoms with E-state index < -0.39 is 0 Å². The van der Waals surface area contributed by atoms with Gasteiger partial charge in [-0.2, -0.15) is 0 Å². The van der Waals surface area contributed by atoms with Crippen LogP contribution >= 0.6 is 27.5 Å². The molecule has 1 unspecified atom stereocenters. The fourth-order valence-corrected chi connectivity index (χ4v) is 3.13. The van der Waals surface area contributed by atoms with Gasteiger partial charge < -0.3 is 10.1 Å². The Morgan fingerprint density at radius 3 is 2.94 bits per heavy atom. The second-order valence-electron chi connectivity index (χ2n) is 4.67. The molecule has 0 aliphatic carbocycles. The molecule has 1 aromatic carbocycles. The topological polar surface area (TPSA) is 21.3 Å². The molecular weight excluding hydrogens is 302 g/mol. The molecule has 1 aliphatic heterocycles. The van der Waals surface area contributed by atoms with Gasteiger partial charge >= 0.3 is 0 Å². The highest BCUT2D eigenvalue weighted by Crippen LogP contribution is 2.39. The molecule has 4 heteroatoms. The Bertz CT molecular complexity index is 409. The summed E-state index contributed by atoms with van der Waals surface area (Å²) in [5, 5.41) is 4.32. The molecule has 0 saturated carbocycles.